The molecule has 2 fully saturated rings. The van der Waals surface area contributed by atoms with Gasteiger partial charge >= 0.3 is 0 Å². The van der Waals surface area contributed by atoms with E-state index in [2.05, 4.69) is 28.6 Å². The third kappa shape index (κ3) is 6.14. The maximum atomic E-state index is 6.31. The molecular weight excluding hydrogens is 469 g/mol. The van der Waals surface area contributed by atoms with Gasteiger partial charge in [-0.2, -0.15) is 0 Å². The zero-order chi connectivity index (χ0) is 19.1. The molecule has 1 heterocycles. The van der Waals surface area contributed by atoms with Crippen LogP contribution in [0.15, 0.2) is 23.2 Å². The number of guanidine groups is 1. The fraction of sp³-hybridized carbons (Fsp3) is 0.667. The molecular formula is C21H34IN3O3. The molecule has 1 aliphatic heterocycles. The highest BCUT2D eigenvalue weighted by atomic mass is 127. The van der Waals surface area contributed by atoms with Crippen molar-refractivity contribution in [3.63, 3.8) is 0 Å². The van der Waals surface area contributed by atoms with Crippen molar-refractivity contribution in [1.82, 2.24) is 10.6 Å². The number of halogens is 1. The highest BCUT2D eigenvalue weighted by Crippen LogP contribution is 2.34. The molecule has 0 amide bonds. The number of nitrogens with zero attached hydrogens (tertiary/aromatic N) is 1. The average Bonchev–Trinajstić information content (AvgIpc) is 3.35. The van der Waals surface area contributed by atoms with Crippen molar-refractivity contribution in [1.29, 1.82) is 0 Å². The Morgan fingerprint density at radius 2 is 2.04 bits per heavy atom. The van der Waals surface area contributed by atoms with E-state index < -0.39 is 0 Å². The van der Waals surface area contributed by atoms with Gasteiger partial charge < -0.3 is 24.8 Å². The van der Waals surface area contributed by atoms with Crippen LogP contribution in [0, 0.1) is 0 Å². The van der Waals surface area contributed by atoms with Gasteiger partial charge in [0.15, 0.2) is 17.5 Å². The molecule has 7 heteroatoms. The maximum Gasteiger partial charge on any atom is 0.191 e. The number of hydrogen-bond donors (Lipinski definition) is 2. The Bertz CT molecular complexity index is 642. The molecule has 2 N–H and O–H groups in total. The molecule has 0 bridgehead atoms. The third-order valence-electron chi connectivity index (χ3n) is 5.47. The summed E-state index contributed by atoms with van der Waals surface area (Å²) in [6.45, 7) is 4.36. The fourth-order valence-corrected chi connectivity index (χ4v) is 3.81. The first-order chi connectivity index (χ1) is 13.1. The molecule has 3 rings (SSSR count). The van der Waals surface area contributed by atoms with Gasteiger partial charge in [0, 0.05) is 32.3 Å². The van der Waals surface area contributed by atoms with Gasteiger partial charge in [0.2, 0.25) is 0 Å². The molecule has 1 atom stereocenters. The summed E-state index contributed by atoms with van der Waals surface area (Å²) in [7, 11) is 3.48. The molecule has 0 aromatic heterocycles. The quantitative estimate of drug-likeness (QED) is 0.336. The largest absolute Gasteiger partial charge is 0.493 e. The van der Waals surface area contributed by atoms with Crippen molar-refractivity contribution >= 4 is 29.9 Å². The second-order valence-corrected chi connectivity index (χ2v) is 7.65. The van der Waals surface area contributed by atoms with Crippen LogP contribution in [0.3, 0.4) is 0 Å². The topological polar surface area (TPSA) is 64.1 Å². The van der Waals surface area contributed by atoms with E-state index in [9.17, 15) is 0 Å². The summed E-state index contributed by atoms with van der Waals surface area (Å²) in [6.07, 6.45) is 7.20. The van der Waals surface area contributed by atoms with E-state index >= 15 is 0 Å². The van der Waals surface area contributed by atoms with Crippen molar-refractivity contribution in [3.05, 3.63) is 23.8 Å². The van der Waals surface area contributed by atoms with Gasteiger partial charge in [-0.05, 0) is 51.5 Å². The predicted molar refractivity (Wildman–Crippen MR) is 123 cm³/mol. The summed E-state index contributed by atoms with van der Waals surface area (Å²) < 4.78 is 17.7. The normalized spacial score (nSPS) is 22.6. The summed E-state index contributed by atoms with van der Waals surface area (Å²) in [5.74, 6) is 2.40. The first kappa shape index (κ1) is 23.1. The molecule has 0 spiro atoms. The number of methoxy groups -OCH3 is 1. The fourth-order valence-electron chi connectivity index (χ4n) is 3.81. The van der Waals surface area contributed by atoms with Crippen LogP contribution in [0.4, 0.5) is 0 Å². The Labute approximate surface area is 185 Å². The molecule has 1 aromatic carbocycles. The average molecular weight is 503 g/mol. The van der Waals surface area contributed by atoms with Crippen LogP contribution in [0.1, 0.15) is 51.0 Å². The van der Waals surface area contributed by atoms with Crippen molar-refractivity contribution in [2.75, 3.05) is 27.3 Å². The van der Waals surface area contributed by atoms with Crippen molar-refractivity contribution < 1.29 is 14.2 Å². The molecule has 6 nitrogen and oxygen atoms in total. The van der Waals surface area contributed by atoms with E-state index in [-0.39, 0.29) is 35.7 Å². The lowest BCUT2D eigenvalue weighted by molar-refractivity contribution is 0.0243. The predicted octanol–water partition coefficient (Wildman–Crippen LogP) is 3.87. The Morgan fingerprint density at radius 1 is 1.25 bits per heavy atom. The smallest absolute Gasteiger partial charge is 0.191 e. The van der Waals surface area contributed by atoms with Gasteiger partial charge in [-0.3, -0.25) is 4.99 Å². The van der Waals surface area contributed by atoms with E-state index in [0.29, 0.717) is 6.54 Å². The lowest BCUT2D eigenvalue weighted by atomic mass is 10.0. The molecule has 0 radical (unpaired) electrons. The lowest BCUT2D eigenvalue weighted by Gasteiger charge is -2.25. The highest BCUT2D eigenvalue weighted by Gasteiger charge is 2.29. The number of para-hydroxylation sites is 1. The van der Waals surface area contributed by atoms with Crippen LogP contribution in [0.25, 0.3) is 0 Å². The zero-order valence-corrected chi connectivity index (χ0v) is 19.6. The van der Waals surface area contributed by atoms with Crippen LogP contribution in [-0.2, 0) is 11.3 Å². The maximum absolute atomic E-state index is 6.31. The summed E-state index contributed by atoms with van der Waals surface area (Å²) in [4.78, 5) is 4.34. The minimum atomic E-state index is -0.107. The first-order valence-electron chi connectivity index (χ1n) is 10.0. The van der Waals surface area contributed by atoms with E-state index in [0.717, 1.165) is 61.9 Å². The van der Waals surface area contributed by atoms with Crippen LogP contribution in [0.2, 0.25) is 0 Å². The number of benzene rings is 1. The summed E-state index contributed by atoms with van der Waals surface area (Å²) in [5, 5.41) is 6.78. The minimum absolute atomic E-state index is 0. The molecule has 1 unspecified atom stereocenters. The molecule has 1 saturated heterocycles. The Hall–Kier alpha value is -1.22. The monoisotopic (exact) mass is 503 g/mol. The SMILES string of the molecule is CN=C(NCc1cccc(OC)c1OC1CCCC1)NCC1(C)CCCO1.I. The Morgan fingerprint density at radius 3 is 2.68 bits per heavy atom. The minimum Gasteiger partial charge on any atom is -0.493 e. The highest BCUT2D eigenvalue weighted by molar-refractivity contribution is 14.0. The number of aliphatic imine (C=N–C) groups is 1. The standard InChI is InChI=1S/C21H33N3O3.HI/c1-21(12-7-13-26-21)15-24-20(22-2)23-14-16-8-6-11-18(25-3)19(16)27-17-9-4-5-10-17;/h6,8,11,17H,4-5,7,9-10,12-15H2,1-3H3,(H2,22,23,24);1H. The summed E-state index contributed by atoms with van der Waals surface area (Å²) >= 11 is 0. The van der Waals surface area contributed by atoms with Crippen molar-refractivity contribution in [2.45, 2.75) is 63.7 Å². The second kappa shape index (κ2) is 11.1. The van der Waals surface area contributed by atoms with Gasteiger partial charge in [0.1, 0.15) is 0 Å². The lowest BCUT2D eigenvalue weighted by Crippen LogP contribution is -2.45. The molecule has 2 aliphatic rings. The van der Waals surface area contributed by atoms with Crippen molar-refractivity contribution in [3.8, 4) is 11.5 Å². The van der Waals surface area contributed by atoms with Gasteiger partial charge in [-0.15, -0.1) is 24.0 Å². The molecule has 158 valence electrons. The van der Waals surface area contributed by atoms with E-state index in [4.69, 9.17) is 14.2 Å². The van der Waals surface area contributed by atoms with E-state index in [1.54, 1.807) is 14.2 Å². The number of hydrogen-bond acceptors (Lipinski definition) is 4. The zero-order valence-electron chi connectivity index (χ0n) is 17.3. The third-order valence-corrected chi connectivity index (χ3v) is 5.47. The van der Waals surface area contributed by atoms with E-state index in [1.165, 1.54) is 12.8 Å². The number of nitrogens with one attached hydrogen (secondary N) is 2. The van der Waals surface area contributed by atoms with Gasteiger partial charge in [0.25, 0.3) is 0 Å². The summed E-state index contributed by atoms with van der Waals surface area (Å²) in [5.41, 5.74) is 0.970. The Kier molecular flexibility index (Phi) is 9.14. The molecule has 1 aromatic rings. The van der Waals surface area contributed by atoms with Crippen LogP contribution in [-0.4, -0.2) is 45.0 Å². The first-order valence-corrected chi connectivity index (χ1v) is 10.0. The number of rotatable bonds is 7. The van der Waals surface area contributed by atoms with Crippen LogP contribution in [0.5, 0.6) is 11.5 Å². The van der Waals surface area contributed by atoms with E-state index in [1.807, 2.05) is 12.1 Å². The summed E-state index contributed by atoms with van der Waals surface area (Å²) in [6, 6.07) is 6.04. The molecule has 1 aliphatic carbocycles. The van der Waals surface area contributed by atoms with Crippen LogP contribution < -0.4 is 20.1 Å². The van der Waals surface area contributed by atoms with Gasteiger partial charge in [0.05, 0.1) is 18.8 Å². The number of ether oxygens (including phenoxy) is 3. The molecule has 28 heavy (non-hydrogen) atoms. The van der Waals surface area contributed by atoms with Gasteiger partial charge in [-0.1, -0.05) is 12.1 Å². The Balaban J connectivity index is 0.00000280. The molecule has 1 saturated carbocycles. The second-order valence-electron chi connectivity index (χ2n) is 7.65. The van der Waals surface area contributed by atoms with Crippen LogP contribution >= 0.6 is 24.0 Å². The van der Waals surface area contributed by atoms with Gasteiger partial charge in [-0.25, -0.2) is 0 Å². The van der Waals surface area contributed by atoms with Crippen molar-refractivity contribution in [2.24, 2.45) is 4.99 Å².